The Morgan fingerprint density at radius 1 is 1.17 bits per heavy atom. The molecule has 0 bridgehead atoms. The van der Waals surface area contributed by atoms with Crippen molar-refractivity contribution in [2.24, 2.45) is 0 Å². The Morgan fingerprint density at radius 3 is 2.61 bits per heavy atom. The maximum Gasteiger partial charge on any atom is 0.250 e. The molecule has 2 aromatic rings. The zero-order valence-corrected chi connectivity index (χ0v) is 13.8. The van der Waals surface area contributed by atoms with E-state index in [1.165, 1.54) is 11.6 Å². The molecule has 0 saturated heterocycles. The Labute approximate surface area is 141 Å². The molecule has 5 heteroatoms. The van der Waals surface area contributed by atoms with Crippen LogP contribution in [0, 0.1) is 6.92 Å². The highest BCUT2D eigenvalue weighted by Gasteiger charge is 2.02. The van der Waals surface area contributed by atoms with Gasteiger partial charge in [-0.15, -0.1) is 0 Å². The summed E-state index contributed by atoms with van der Waals surface area (Å²) < 4.78 is 5.13. The highest BCUT2D eigenvalue weighted by atomic mass is 32.1. The van der Waals surface area contributed by atoms with Crippen LogP contribution < -0.4 is 15.4 Å². The third-order valence-corrected chi connectivity index (χ3v) is 3.27. The van der Waals surface area contributed by atoms with Crippen LogP contribution in [0.3, 0.4) is 0 Å². The SMILES string of the molecule is COc1cccc(NC(=S)NC(=O)/C=C/c2ccc(C)cc2)c1. The van der Waals surface area contributed by atoms with Crippen LogP contribution >= 0.6 is 12.2 Å². The van der Waals surface area contributed by atoms with Crippen molar-refractivity contribution in [3.05, 3.63) is 65.7 Å². The minimum atomic E-state index is -0.286. The van der Waals surface area contributed by atoms with Gasteiger partial charge in [-0.2, -0.15) is 0 Å². The first kappa shape index (κ1) is 16.7. The summed E-state index contributed by atoms with van der Waals surface area (Å²) in [7, 11) is 1.59. The second-order valence-electron chi connectivity index (χ2n) is 4.92. The number of hydrogen-bond acceptors (Lipinski definition) is 3. The topological polar surface area (TPSA) is 50.4 Å². The summed E-state index contributed by atoms with van der Waals surface area (Å²) >= 11 is 5.12. The number of benzene rings is 2. The molecule has 2 aromatic carbocycles. The van der Waals surface area contributed by atoms with E-state index in [2.05, 4.69) is 10.6 Å². The van der Waals surface area contributed by atoms with Gasteiger partial charge in [0.15, 0.2) is 5.11 Å². The number of amides is 1. The predicted octanol–water partition coefficient (Wildman–Crippen LogP) is 3.53. The monoisotopic (exact) mass is 326 g/mol. The minimum Gasteiger partial charge on any atom is -0.497 e. The molecule has 1 amide bonds. The van der Waals surface area contributed by atoms with E-state index in [4.69, 9.17) is 17.0 Å². The minimum absolute atomic E-state index is 0.233. The molecule has 0 aliphatic rings. The third kappa shape index (κ3) is 5.56. The van der Waals surface area contributed by atoms with Crippen LogP contribution in [-0.4, -0.2) is 18.1 Å². The van der Waals surface area contributed by atoms with Crippen LogP contribution in [0.25, 0.3) is 6.08 Å². The van der Waals surface area contributed by atoms with Gasteiger partial charge in [-0.3, -0.25) is 10.1 Å². The molecule has 0 fully saturated rings. The average molecular weight is 326 g/mol. The number of aryl methyl sites for hydroxylation is 1. The third-order valence-electron chi connectivity index (χ3n) is 3.07. The molecule has 23 heavy (non-hydrogen) atoms. The number of carbonyl (C=O) groups is 1. The zero-order valence-electron chi connectivity index (χ0n) is 13.0. The number of methoxy groups -OCH3 is 1. The van der Waals surface area contributed by atoms with Gasteiger partial charge in [0.2, 0.25) is 5.91 Å². The predicted molar refractivity (Wildman–Crippen MR) is 97.6 cm³/mol. The van der Waals surface area contributed by atoms with Crippen molar-refractivity contribution in [3.8, 4) is 5.75 Å². The molecule has 0 aliphatic heterocycles. The molecule has 0 saturated carbocycles. The molecule has 4 nitrogen and oxygen atoms in total. The summed E-state index contributed by atoms with van der Waals surface area (Å²) in [5.41, 5.74) is 2.88. The van der Waals surface area contributed by atoms with Gasteiger partial charge < -0.3 is 10.1 Å². The molecule has 0 spiro atoms. The fourth-order valence-electron chi connectivity index (χ4n) is 1.87. The van der Waals surface area contributed by atoms with E-state index in [1.807, 2.05) is 49.4 Å². The number of thiocarbonyl (C=S) groups is 1. The van der Waals surface area contributed by atoms with E-state index in [0.717, 1.165) is 11.3 Å². The van der Waals surface area contributed by atoms with Gasteiger partial charge in [0.25, 0.3) is 0 Å². The van der Waals surface area contributed by atoms with Crippen molar-refractivity contribution < 1.29 is 9.53 Å². The van der Waals surface area contributed by atoms with Gasteiger partial charge in [-0.05, 0) is 42.9 Å². The Bertz CT molecular complexity index is 724. The normalized spacial score (nSPS) is 10.3. The Morgan fingerprint density at radius 2 is 1.91 bits per heavy atom. The highest BCUT2D eigenvalue weighted by Crippen LogP contribution is 2.16. The van der Waals surface area contributed by atoms with Gasteiger partial charge in [0, 0.05) is 17.8 Å². The van der Waals surface area contributed by atoms with E-state index >= 15 is 0 Å². The number of nitrogens with one attached hydrogen (secondary N) is 2. The number of ether oxygens (including phenoxy) is 1. The summed E-state index contributed by atoms with van der Waals surface area (Å²) in [6, 6.07) is 15.2. The Balaban J connectivity index is 1.89. The van der Waals surface area contributed by atoms with Crippen molar-refractivity contribution in [1.82, 2.24) is 5.32 Å². The fourth-order valence-corrected chi connectivity index (χ4v) is 2.08. The average Bonchev–Trinajstić information content (AvgIpc) is 2.54. The first-order valence-corrected chi connectivity index (χ1v) is 7.48. The smallest absolute Gasteiger partial charge is 0.250 e. The molecule has 118 valence electrons. The molecular formula is C18H18N2O2S. The quantitative estimate of drug-likeness (QED) is 0.667. The summed E-state index contributed by atoms with van der Waals surface area (Å²) in [6.45, 7) is 2.02. The van der Waals surface area contributed by atoms with E-state index in [-0.39, 0.29) is 11.0 Å². The lowest BCUT2D eigenvalue weighted by Gasteiger charge is -2.09. The summed E-state index contributed by atoms with van der Waals surface area (Å²) in [5.74, 6) is 0.425. The molecule has 0 aliphatic carbocycles. The number of rotatable bonds is 4. The molecule has 0 heterocycles. The van der Waals surface area contributed by atoms with E-state index < -0.39 is 0 Å². The van der Waals surface area contributed by atoms with Gasteiger partial charge >= 0.3 is 0 Å². The van der Waals surface area contributed by atoms with Crippen LogP contribution in [0.2, 0.25) is 0 Å². The van der Waals surface area contributed by atoms with Gasteiger partial charge in [-0.1, -0.05) is 35.9 Å². The maximum absolute atomic E-state index is 11.9. The zero-order chi connectivity index (χ0) is 16.7. The Hall–Kier alpha value is -2.66. The molecule has 0 aromatic heterocycles. The lowest BCUT2D eigenvalue weighted by atomic mass is 10.1. The lowest BCUT2D eigenvalue weighted by Crippen LogP contribution is -2.32. The lowest BCUT2D eigenvalue weighted by molar-refractivity contribution is -0.115. The van der Waals surface area contributed by atoms with Crippen molar-refractivity contribution in [3.63, 3.8) is 0 Å². The van der Waals surface area contributed by atoms with Crippen molar-refractivity contribution in [2.75, 3.05) is 12.4 Å². The van der Waals surface area contributed by atoms with Crippen LogP contribution in [0.1, 0.15) is 11.1 Å². The summed E-state index contributed by atoms with van der Waals surface area (Å²) in [5, 5.41) is 5.77. The molecule has 0 radical (unpaired) electrons. The first-order valence-electron chi connectivity index (χ1n) is 7.07. The van der Waals surface area contributed by atoms with Gasteiger partial charge in [0.05, 0.1) is 7.11 Å². The molecular weight excluding hydrogens is 308 g/mol. The van der Waals surface area contributed by atoms with E-state index in [9.17, 15) is 4.79 Å². The molecule has 2 rings (SSSR count). The van der Waals surface area contributed by atoms with E-state index in [1.54, 1.807) is 19.3 Å². The summed E-state index contributed by atoms with van der Waals surface area (Å²) in [6.07, 6.45) is 3.19. The first-order chi connectivity index (χ1) is 11.1. The number of carbonyl (C=O) groups excluding carboxylic acids is 1. The molecule has 0 atom stereocenters. The van der Waals surface area contributed by atoms with Gasteiger partial charge in [-0.25, -0.2) is 0 Å². The van der Waals surface area contributed by atoms with Crippen molar-refractivity contribution in [1.29, 1.82) is 0 Å². The second kappa shape index (κ2) is 8.10. The number of anilines is 1. The van der Waals surface area contributed by atoms with Crippen molar-refractivity contribution in [2.45, 2.75) is 6.92 Å². The fraction of sp³-hybridized carbons (Fsp3) is 0.111. The molecule has 2 N–H and O–H groups in total. The maximum atomic E-state index is 11.9. The molecule has 0 unspecified atom stereocenters. The van der Waals surface area contributed by atoms with Crippen LogP contribution in [-0.2, 0) is 4.79 Å². The van der Waals surface area contributed by atoms with Crippen LogP contribution in [0.4, 0.5) is 5.69 Å². The highest BCUT2D eigenvalue weighted by molar-refractivity contribution is 7.80. The van der Waals surface area contributed by atoms with E-state index in [0.29, 0.717) is 5.75 Å². The Kier molecular flexibility index (Phi) is 5.88. The van der Waals surface area contributed by atoms with Crippen molar-refractivity contribution >= 4 is 35.0 Å². The second-order valence-corrected chi connectivity index (χ2v) is 5.33. The van der Waals surface area contributed by atoms with Gasteiger partial charge in [0.1, 0.15) is 5.75 Å². The number of hydrogen-bond donors (Lipinski definition) is 2. The van der Waals surface area contributed by atoms with Crippen LogP contribution in [0.5, 0.6) is 5.75 Å². The summed E-state index contributed by atoms with van der Waals surface area (Å²) in [4.78, 5) is 11.9. The van der Waals surface area contributed by atoms with Crippen LogP contribution in [0.15, 0.2) is 54.6 Å². The largest absolute Gasteiger partial charge is 0.497 e. The standard InChI is InChI=1S/C18H18N2O2S/c1-13-6-8-14(9-7-13)10-11-17(21)20-18(23)19-15-4-3-5-16(12-15)22-2/h3-12H,1-2H3,(H2,19,20,21,23)/b11-10+.